The first-order chi connectivity index (χ1) is 12.2. The highest BCUT2D eigenvalue weighted by Crippen LogP contribution is 2.35. The molecule has 0 aliphatic carbocycles. The highest BCUT2D eigenvalue weighted by Gasteiger charge is 2.20. The van der Waals surface area contributed by atoms with E-state index < -0.39 is 0 Å². The molecule has 0 atom stereocenters. The zero-order valence-corrected chi connectivity index (χ0v) is 16.4. The fourth-order valence-electron chi connectivity index (χ4n) is 3.56. The molecule has 2 aromatic heterocycles. The second-order valence-electron chi connectivity index (χ2n) is 6.29. The van der Waals surface area contributed by atoms with Crippen LogP contribution in [0, 0.1) is 5.82 Å². The normalized spacial score (nSPS) is 11.3. The van der Waals surface area contributed by atoms with Gasteiger partial charge in [0.15, 0.2) is 0 Å². The van der Waals surface area contributed by atoms with Crippen LogP contribution in [0.25, 0.3) is 28.2 Å². The van der Waals surface area contributed by atoms with Crippen LogP contribution >= 0.6 is 29.4 Å². The standard InChI is InChI=1S/C21H14BrFN2.CH4.H2S/c22-17-5-8-19-16(10-17)13-24-12-15(14-3-6-18(23)7-4-14)11-21(24)20-2-1-9-25(19)20;;/h1-12H,13H2;1H4;1H2. The van der Waals surface area contributed by atoms with E-state index in [1.807, 2.05) is 12.1 Å². The van der Waals surface area contributed by atoms with E-state index in [-0.39, 0.29) is 26.7 Å². The van der Waals surface area contributed by atoms with E-state index in [9.17, 15) is 4.39 Å². The van der Waals surface area contributed by atoms with Crippen molar-refractivity contribution in [2.24, 2.45) is 0 Å². The van der Waals surface area contributed by atoms with E-state index in [0.29, 0.717) is 0 Å². The van der Waals surface area contributed by atoms with Crippen LogP contribution in [0.15, 0.2) is 77.5 Å². The summed E-state index contributed by atoms with van der Waals surface area (Å²) in [6.45, 7) is 0.799. The molecule has 1 aliphatic heterocycles. The lowest BCUT2D eigenvalue weighted by Gasteiger charge is -2.10. The summed E-state index contributed by atoms with van der Waals surface area (Å²) in [5.41, 5.74) is 6.91. The first-order valence-electron chi connectivity index (χ1n) is 8.12. The van der Waals surface area contributed by atoms with Gasteiger partial charge in [-0.05, 0) is 59.7 Å². The number of nitrogens with zero attached hydrogens (tertiary/aromatic N) is 2. The summed E-state index contributed by atoms with van der Waals surface area (Å²) in [6.07, 6.45) is 4.25. The zero-order chi connectivity index (χ0) is 17.0. The van der Waals surface area contributed by atoms with Gasteiger partial charge in [-0.3, -0.25) is 0 Å². The van der Waals surface area contributed by atoms with Gasteiger partial charge in [0, 0.05) is 29.0 Å². The Bertz CT molecular complexity index is 1100. The summed E-state index contributed by atoms with van der Waals surface area (Å²) in [5.74, 6) is -0.211. The number of halogens is 2. The van der Waals surface area contributed by atoms with Crippen molar-refractivity contribution >= 4 is 29.4 Å². The predicted octanol–water partition coefficient (Wildman–Crippen LogP) is 6.63. The van der Waals surface area contributed by atoms with Crippen molar-refractivity contribution in [1.82, 2.24) is 9.13 Å². The van der Waals surface area contributed by atoms with Crippen LogP contribution in [-0.2, 0) is 6.54 Å². The summed E-state index contributed by atoms with van der Waals surface area (Å²) < 4.78 is 18.8. The van der Waals surface area contributed by atoms with Crippen LogP contribution < -0.4 is 0 Å². The molecule has 0 spiro atoms. The lowest BCUT2D eigenvalue weighted by atomic mass is 10.1. The molecule has 5 rings (SSSR count). The van der Waals surface area contributed by atoms with Crippen LogP contribution in [0.2, 0.25) is 0 Å². The Balaban J connectivity index is 0.00000105. The maximum Gasteiger partial charge on any atom is 0.123 e. The van der Waals surface area contributed by atoms with Gasteiger partial charge in [-0.15, -0.1) is 0 Å². The number of rotatable bonds is 1. The smallest absolute Gasteiger partial charge is 0.123 e. The Labute approximate surface area is 173 Å². The zero-order valence-electron chi connectivity index (χ0n) is 13.8. The van der Waals surface area contributed by atoms with Crippen LogP contribution in [0.3, 0.4) is 0 Å². The first kappa shape index (κ1) is 19.5. The molecule has 4 aromatic rings. The van der Waals surface area contributed by atoms with Gasteiger partial charge < -0.3 is 9.13 Å². The van der Waals surface area contributed by atoms with Gasteiger partial charge in [-0.2, -0.15) is 13.5 Å². The van der Waals surface area contributed by atoms with Gasteiger partial charge in [-0.1, -0.05) is 35.5 Å². The average Bonchev–Trinajstić information content (AvgIpc) is 3.21. The number of hydrogen-bond acceptors (Lipinski definition) is 0. The molecule has 0 amide bonds. The minimum absolute atomic E-state index is 0. The largest absolute Gasteiger partial charge is 0.341 e. The van der Waals surface area contributed by atoms with Crippen LogP contribution in [0.4, 0.5) is 4.39 Å². The fraction of sp³-hybridized carbons (Fsp3) is 0.0909. The molecule has 0 saturated heterocycles. The summed E-state index contributed by atoms with van der Waals surface area (Å²) in [7, 11) is 0. The Morgan fingerprint density at radius 3 is 2.44 bits per heavy atom. The van der Waals surface area contributed by atoms with E-state index in [1.165, 1.54) is 23.4 Å². The first-order valence-corrected chi connectivity index (χ1v) is 8.91. The summed E-state index contributed by atoms with van der Waals surface area (Å²) in [5, 5.41) is 0. The lowest BCUT2D eigenvalue weighted by molar-refractivity contribution is 0.628. The van der Waals surface area contributed by atoms with Gasteiger partial charge >= 0.3 is 0 Å². The van der Waals surface area contributed by atoms with Crippen molar-refractivity contribution in [3.05, 3.63) is 88.9 Å². The fourth-order valence-corrected chi connectivity index (χ4v) is 3.96. The van der Waals surface area contributed by atoms with Crippen molar-refractivity contribution in [2.45, 2.75) is 14.0 Å². The molecule has 0 fully saturated rings. The van der Waals surface area contributed by atoms with Crippen molar-refractivity contribution in [2.75, 3.05) is 0 Å². The highest BCUT2D eigenvalue weighted by atomic mass is 79.9. The minimum Gasteiger partial charge on any atom is -0.341 e. The van der Waals surface area contributed by atoms with Crippen LogP contribution in [0.5, 0.6) is 0 Å². The molecule has 0 N–H and O–H groups in total. The van der Waals surface area contributed by atoms with Crippen molar-refractivity contribution in [1.29, 1.82) is 0 Å². The van der Waals surface area contributed by atoms with Crippen molar-refractivity contribution in [3.8, 4) is 28.2 Å². The third-order valence-electron chi connectivity index (χ3n) is 4.73. The Hall–Kier alpha value is -2.24. The molecule has 0 radical (unpaired) electrons. The number of aromatic nitrogens is 2. The molecule has 0 bridgehead atoms. The summed E-state index contributed by atoms with van der Waals surface area (Å²) >= 11 is 3.58. The Kier molecular flexibility index (Phi) is 5.36. The van der Waals surface area contributed by atoms with Gasteiger partial charge in [0.2, 0.25) is 0 Å². The highest BCUT2D eigenvalue weighted by molar-refractivity contribution is 9.10. The lowest BCUT2D eigenvalue weighted by Crippen LogP contribution is -1.99. The van der Waals surface area contributed by atoms with Crippen LogP contribution in [-0.4, -0.2) is 9.13 Å². The SMILES string of the molecule is C.Fc1ccc(-c2cc3n(c2)Cc2cc(Br)ccc2-n2cccc2-3)cc1.S. The summed E-state index contributed by atoms with van der Waals surface area (Å²) in [6, 6.07) is 19.5. The molecule has 5 heteroatoms. The average molecular weight is 443 g/mol. The van der Waals surface area contributed by atoms with Crippen LogP contribution in [0.1, 0.15) is 13.0 Å². The predicted molar refractivity (Wildman–Crippen MR) is 119 cm³/mol. The molecular weight excluding hydrogens is 423 g/mol. The van der Waals surface area contributed by atoms with E-state index >= 15 is 0 Å². The molecule has 2 nitrogen and oxygen atoms in total. The maximum absolute atomic E-state index is 13.2. The third-order valence-corrected chi connectivity index (χ3v) is 5.22. The molecule has 138 valence electrons. The second-order valence-corrected chi connectivity index (χ2v) is 7.20. The number of benzene rings is 2. The molecule has 3 heterocycles. The molecule has 27 heavy (non-hydrogen) atoms. The minimum atomic E-state index is -0.211. The topological polar surface area (TPSA) is 9.86 Å². The molecule has 2 aromatic carbocycles. The molecule has 1 aliphatic rings. The Morgan fingerprint density at radius 2 is 1.67 bits per heavy atom. The molecule has 0 unspecified atom stereocenters. The van der Waals surface area contributed by atoms with Gasteiger partial charge in [0.1, 0.15) is 5.82 Å². The van der Waals surface area contributed by atoms with E-state index in [4.69, 9.17) is 0 Å². The maximum atomic E-state index is 13.2. The molecular formula is C22H20BrFN2S. The van der Waals surface area contributed by atoms with Gasteiger partial charge in [-0.25, -0.2) is 4.39 Å². The number of hydrogen-bond donors (Lipinski definition) is 0. The van der Waals surface area contributed by atoms with Crippen molar-refractivity contribution < 1.29 is 4.39 Å². The van der Waals surface area contributed by atoms with E-state index in [1.54, 1.807) is 0 Å². The molecule has 0 saturated carbocycles. The number of fused-ring (bicyclic) bond motifs is 5. The van der Waals surface area contributed by atoms with E-state index in [2.05, 4.69) is 73.9 Å². The summed E-state index contributed by atoms with van der Waals surface area (Å²) in [4.78, 5) is 0. The van der Waals surface area contributed by atoms with Gasteiger partial charge in [0.25, 0.3) is 0 Å². The Morgan fingerprint density at radius 1 is 0.889 bits per heavy atom. The quantitative estimate of drug-likeness (QED) is 0.275. The van der Waals surface area contributed by atoms with Gasteiger partial charge in [0.05, 0.1) is 17.1 Å². The monoisotopic (exact) mass is 442 g/mol. The van der Waals surface area contributed by atoms with Crippen molar-refractivity contribution in [3.63, 3.8) is 0 Å². The third kappa shape index (κ3) is 3.26. The van der Waals surface area contributed by atoms with E-state index in [0.717, 1.165) is 33.5 Å². The second kappa shape index (κ2) is 7.41.